The number of benzene rings is 4. The van der Waals surface area contributed by atoms with Crippen LogP contribution in [0.4, 0.5) is 0 Å². The molecule has 0 unspecified atom stereocenters. The number of hydrogen-bond donors (Lipinski definition) is 0. The van der Waals surface area contributed by atoms with Crippen molar-refractivity contribution < 1.29 is 48.1 Å². The Bertz CT molecular complexity index is 2170. The van der Waals surface area contributed by atoms with Crippen LogP contribution in [-0.4, -0.2) is 5.43 Å². The van der Waals surface area contributed by atoms with Crippen LogP contribution in [0.3, 0.4) is 0 Å². The topological polar surface area (TPSA) is 0 Å². The molecule has 0 spiro atoms. The molecule has 0 amide bonds. The number of rotatable bonds is 8. The van der Waals surface area contributed by atoms with Crippen molar-refractivity contribution >= 4 is 27.0 Å². The van der Waals surface area contributed by atoms with Gasteiger partial charge in [0, 0.05) is 0 Å². The van der Waals surface area contributed by atoms with Crippen molar-refractivity contribution in [2.24, 2.45) is 10.8 Å². The normalized spacial score (nSPS) is 15.9. The largest absolute Gasteiger partial charge is 1.00 e. The van der Waals surface area contributed by atoms with Crippen LogP contribution in [0.15, 0.2) is 109 Å². The van der Waals surface area contributed by atoms with Gasteiger partial charge in [-0.25, -0.2) is 0 Å². The first kappa shape index (κ1) is 52.4. The maximum Gasteiger partial charge on any atom is -1.00 e. The summed E-state index contributed by atoms with van der Waals surface area (Å²) in [6.07, 6.45) is 19.3. The molecule has 332 valence electrons. The summed E-state index contributed by atoms with van der Waals surface area (Å²) in [5, 5.41) is 5.66. The minimum absolute atomic E-state index is 0. The number of fused-ring (bicyclic) bond motifs is 2. The van der Waals surface area contributed by atoms with E-state index in [2.05, 4.69) is 178 Å². The molecular weight excluding hydrogens is 887 g/mol. The second-order valence-electron chi connectivity index (χ2n) is 21.1. The van der Waals surface area contributed by atoms with Crippen molar-refractivity contribution in [3.63, 3.8) is 0 Å². The summed E-state index contributed by atoms with van der Waals surface area (Å²) in [7, 11) is 0. The van der Waals surface area contributed by atoms with Crippen LogP contribution in [0, 0.1) is 10.8 Å². The van der Waals surface area contributed by atoms with Gasteiger partial charge in [-0.05, 0) is 82.4 Å². The Hall–Kier alpha value is -2.22. The Kier molecular flexibility index (Phi) is 19.3. The molecule has 0 aromatic heterocycles. The predicted molar refractivity (Wildman–Crippen MR) is 264 cm³/mol. The molecule has 2 aliphatic rings. The fourth-order valence-electron chi connectivity index (χ4n) is 10.8. The molecule has 8 rings (SSSR count). The minimum Gasteiger partial charge on any atom is -1.00 e. The van der Waals surface area contributed by atoms with Gasteiger partial charge in [0.05, 0.1) is 0 Å². The van der Waals surface area contributed by atoms with Gasteiger partial charge in [0.2, 0.25) is 0 Å². The van der Waals surface area contributed by atoms with Crippen LogP contribution in [0.1, 0.15) is 155 Å². The first-order valence-electron chi connectivity index (χ1n) is 23.7. The zero-order valence-electron chi connectivity index (χ0n) is 40.0. The van der Waals surface area contributed by atoms with Gasteiger partial charge in [-0.2, -0.15) is 12.1 Å². The molecule has 4 heteroatoms. The van der Waals surface area contributed by atoms with Gasteiger partial charge in [0.25, 0.3) is 0 Å². The maximum absolute atomic E-state index is 2.50. The first-order valence-corrected chi connectivity index (χ1v) is 29.8. The fourth-order valence-corrected chi connectivity index (χ4v) is 10.8. The smallest absolute Gasteiger partial charge is 1.00 e. The summed E-state index contributed by atoms with van der Waals surface area (Å²) in [6.45, 7) is 23.3. The van der Waals surface area contributed by atoms with E-state index in [0.29, 0.717) is 10.8 Å². The van der Waals surface area contributed by atoms with E-state index < -0.39 is 0 Å². The molecule has 2 fully saturated rings. The van der Waals surface area contributed by atoms with Crippen LogP contribution < -0.4 is 24.8 Å². The van der Waals surface area contributed by atoms with Crippen LogP contribution in [0.25, 0.3) is 43.8 Å². The van der Waals surface area contributed by atoms with Crippen molar-refractivity contribution in [1.82, 2.24) is 0 Å². The van der Waals surface area contributed by atoms with Gasteiger partial charge < -0.3 is 24.8 Å². The molecule has 0 atom stereocenters. The standard InChI is InChI=1S/2C28H35.C2H6Si.2ClH.Zr/c2*1-5-28(16-9-6-10-17-28)20-21-18-22-12-11-14-23(25(22)19-21)24-13-7-8-15-26(24)27(2,3)4;1-3-2;;;/h2*7-8,11-15,18-19H,5-6,9-10,16-17,20H2,1-4H3;1-2H3;2*1H;/q2*-1;;;;+2/p-2. The molecular formula is C58H76Cl2SiZr-2. The van der Waals surface area contributed by atoms with Crippen molar-refractivity contribution in [3.8, 4) is 22.3 Å². The number of halogens is 2. The van der Waals surface area contributed by atoms with Gasteiger partial charge in [0.15, 0.2) is 0 Å². The summed E-state index contributed by atoms with van der Waals surface area (Å²) < 4.78 is 0. The van der Waals surface area contributed by atoms with Crippen molar-refractivity contribution in [3.05, 3.63) is 131 Å². The van der Waals surface area contributed by atoms with E-state index in [1.54, 1.807) is 34.5 Å². The summed E-state index contributed by atoms with van der Waals surface area (Å²) in [5.41, 5.74) is 13.1. The van der Waals surface area contributed by atoms with E-state index in [9.17, 15) is 0 Å². The van der Waals surface area contributed by atoms with Crippen molar-refractivity contribution in [1.29, 1.82) is 0 Å². The Balaban J connectivity index is 0.000000244. The summed E-state index contributed by atoms with van der Waals surface area (Å²) in [5.74, 6) is 0. The van der Waals surface area contributed by atoms with Gasteiger partial charge in [-0.3, -0.25) is 0 Å². The third kappa shape index (κ3) is 13.0. The van der Waals surface area contributed by atoms with Gasteiger partial charge >= 0.3 is 41.9 Å². The molecule has 2 saturated carbocycles. The predicted octanol–water partition coefficient (Wildman–Crippen LogP) is 11.6. The van der Waals surface area contributed by atoms with E-state index in [1.807, 2.05) is 0 Å². The molecule has 0 heterocycles. The van der Waals surface area contributed by atoms with E-state index in [0.717, 1.165) is 0 Å². The fraction of sp³-hybridized carbons (Fsp3) is 0.483. The molecule has 0 bridgehead atoms. The van der Waals surface area contributed by atoms with Gasteiger partial charge in [-0.15, -0.1) is 69.1 Å². The Morgan fingerprint density at radius 1 is 0.500 bits per heavy atom. The molecule has 0 nitrogen and oxygen atoms in total. The number of hydrogen-bond acceptors (Lipinski definition) is 0. The molecule has 6 aromatic carbocycles. The molecule has 0 saturated heterocycles. The van der Waals surface area contributed by atoms with Crippen LogP contribution in [0.2, 0.25) is 13.1 Å². The van der Waals surface area contributed by atoms with E-state index >= 15 is 0 Å². The molecule has 0 aliphatic heterocycles. The summed E-state index contributed by atoms with van der Waals surface area (Å²) in [4.78, 5) is 0. The van der Waals surface area contributed by atoms with Crippen LogP contribution in [0.5, 0.6) is 0 Å². The maximum atomic E-state index is 2.50. The molecule has 0 N–H and O–H groups in total. The molecule has 6 aromatic rings. The van der Waals surface area contributed by atoms with E-state index in [1.165, 1.54) is 145 Å². The van der Waals surface area contributed by atoms with E-state index in [-0.39, 0.29) is 41.1 Å². The average Bonchev–Trinajstić information content (AvgIpc) is 3.84. The molecule has 62 heavy (non-hydrogen) atoms. The van der Waals surface area contributed by atoms with Gasteiger partial charge in [-0.1, -0.05) is 179 Å². The SMILES string of the molecule is CCC1(Cc2cc3c(-c4ccccc4C(C)(C)C)cccc3[cH-]2)CCCCC1.CCC1(Cc2cc3c(-c4ccccc4C(C)(C)C)cccc3[cH-]2)CCCCC1.C[Si](C)=[Zr+2].[Cl-].[Cl-]. The summed E-state index contributed by atoms with van der Waals surface area (Å²) >= 11 is 1.74. The average molecular weight is 963 g/mol. The monoisotopic (exact) mass is 960 g/mol. The Labute approximate surface area is 405 Å². The van der Waals surface area contributed by atoms with Crippen molar-refractivity contribution in [2.45, 2.75) is 169 Å². The van der Waals surface area contributed by atoms with E-state index in [4.69, 9.17) is 0 Å². The summed E-state index contributed by atoms with van der Waals surface area (Å²) in [6, 6.07) is 41.5. The Morgan fingerprint density at radius 3 is 1.15 bits per heavy atom. The van der Waals surface area contributed by atoms with Gasteiger partial charge in [0.1, 0.15) is 0 Å². The molecule has 2 aliphatic carbocycles. The zero-order chi connectivity index (χ0) is 43.1. The first-order chi connectivity index (χ1) is 28.6. The minimum atomic E-state index is 0. The quantitative estimate of drug-likeness (QED) is 0.105. The van der Waals surface area contributed by atoms with Crippen LogP contribution in [-0.2, 0) is 47.0 Å². The Morgan fingerprint density at radius 2 is 0.823 bits per heavy atom. The second-order valence-corrected chi connectivity index (χ2v) is 30.5. The third-order valence-corrected chi connectivity index (χ3v) is 14.2. The van der Waals surface area contributed by atoms with Crippen molar-refractivity contribution in [2.75, 3.05) is 0 Å². The molecule has 0 radical (unpaired) electrons. The van der Waals surface area contributed by atoms with Crippen LogP contribution >= 0.6 is 0 Å². The second kappa shape index (κ2) is 22.8. The zero-order valence-corrected chi connectivity index (χ0v) is 45.0. The third-order valence-electron chi connectivity index (χ3n) is 14.2.